The average molecular weight is 265 g/mol. The summed E-state index contributed by atoms with van der Waals surface area (Å²) in [4.78, 5) is 0. The lowest BCUT2D eigenvalue weighted by Crippen LogP contribution is -2.33. The maximum absolute atomic E-state index is 4.21. The summed E-state index contributed by atoms with van der Waals surface area (Å²) in [5, 5.41) is 3.32. The van der Waals surface area contributed by atoms with Gasteiger partial charge in [0.05, 0.1) is 0 Å². The van der Waals surface area contributed by atoms with Gasteiger partial charge in [0, 0.05) is 17.8 Å². The fourth-order valence-electron chi connectivity index (χ4n) is 2.35. The SMILES string of the molecule is Cc1cc(C(C)(C)C)ccc1C(C)(C)CNCS. The maximum Gasteiger partial charge on any atom is 0.0387 e. The quantitative estimate of drug-likeness (QED) is 0.618. The number of rotatable bonds is 4. The second-order valence-electron chi connectivity index (χ2n) is 6.75. The molecule has 0 unspecified atom stereocenters. The van der Waals surface area contributed by atoms with Crippen molar-refractivity contribution in [3.63, 3.8) is 0 Å². The van der Waals surface area contributed by atoms with Crippen molar-refractivity contribution in [2.75, 3.05) is 12.4 Å². The first-order chi connectivity index (χ1) is 8.18. The number of hydrogen-bond donors (Lipinski definition) is 2. The molecule has 2 heteroatoms. The lowest BCUT2D eigenvalue weighted by molar-refractivity contribution is 0.487. The largest absolute Gasteiger partial charge is 0.307 e. The van der Waals surface area contributed by atoms with E-state index >= 15 is 0 Å². The molecule has 0 radical (unpaired) electrons. The molecular weight excluding hydrogens is 238 g/mol. The molecule has 1 aromatic rings. The maximum atomic E-state index is 4.21. The Morgan fingerprint density at radius 3 is 2.17 bits per heavy atom. The van der Waals surface area contributed by atoms with Crippen molar-refractivity contribution in [1.29, 1.82) is 0 Å². The lowest BCUT2D eigenvalue weighted by atomic mass is 9.78. The van der Waals surface area contributed by atoms with E-state index in [0.717, 1.165) is 12.4 Å². The molecule has 0 saturated heterocycles. The van der Waals surface area contributed by atoms with Crippen LogP contribution < -0.4 is 5.32 Å². The molecule has 1 N–H and O–H groups in total. The van der Waals surface area contributed by atoms with Gasteiger partial charge in [-0.05, 0) is 29.0 Å². The second-order valence-corrected chi connectivity index (χ2v) is 7.06. The fraction of sp³-hybridized carbons (Fsp3) is 0.625. The van der Waals surface area contributed by atoms with Crippen LogP contribution >= 0.6 is 12.6 Å². The normalized spacial score (nSPS) is 12.8. The van der Waals surface area contributed by atoms with Crippen molar-refractivity contribution in [2.45, 2.75) is 52.4 Å². The Bertz CT molecular complexity index is 402. The highest BCUT2D eigenvalue weighted by Gasteiger charge is 2.23. The van der Waals surface area contributed by atoms with Gasteiger partial charge >= 0.3 is 0 Å². The number of benzene rings is 1. The van der Waals surface area contributed by atoms with Gasteiger partial charge in [-0.1, -0.05) is 52.8 Å². The standard InChI is InChI=1S/C16H27NS/c1-12-9-13(15(2,3)4)7-8-14(12)16(5,6)10-17-11-18/h7-9,17-18H,10-11H2,1-6H3. The Kier molecular flexibility index (Phi) is 4.90. The molecule has 0 amide bonds. The van der Waals surface area contributed by atoms with Crippen LogP contribution in [0.15, 0.2) is 18.2 Å². The van der Waals surface area contributed by atoms with Crippen LogP contribution in [0.25, 0.3) is 0 Å². The molecule has 1 rings (SSSR count). The summed E-state index contributed by atoms with van der Waals surface area (Å²) >= 11 is 4.21. The van der Waals surface area contributed by atoms with E-state index < -0.39 is 0 Å². The molecule has 0 fully saturated rings. The zero-order valence-corrected chi connectivity index (χ0v) is 13.5. The van der Waals surface area contributed by atoms with Crippen molar-refractivity contribution in [3.8, 4) is 0 Å². The van der Waals surface area contributed by atoms with E-state index in [-0.39, 0.29) is 10.8 Å². The Hall–Kier alpha value is -0.470. The van der Waals surface area contributed by atoms with Gasteiger partial charge in [-0.3, -0.25) is 0 Å². The Balaban J connectivity index is 3.05. The van der Waals surface area contributed by atoms with Crippen molar-refractivity contribution < 1.29 is 0 Å². The molecule has 0 atom stereocenters. The minimum Gasteiger partial charge on any atom is -0.307 e. The summed E-state index contributed by atoms with van der Waals surface area (Å²) in [6, 6.07) is 6.89. The van der Waals surface area contributed by atoms with Crippen LogP contribution in [0.1, 0.15) is 51.3 Å². The summed E-state index contributed by atoms with van der Waals surface area (Å²) in [7, 11) is 0. The predicted molar refractivity (Wildman–Crippen MR) is 84.8 cm³/mol. The Labute approximate surface area is 118 Å². The van der Waals surface area contributed by atoms with Crippen molar-refractivity contribution in [2.24, 2.45) is 0 Å². The van der Waals surface area contributed by atoms with Crippen LogP contribution in [0.4, 0.5) is 0 Å². The van der Waals surface area contributed by atoms with Gasteiger partial charge in [-0.15, -0.1) is 0 Å². The number of thiol groups is 1. The minimum absolute atomic E-state index is 0.142. The summed E-state index contributed by atoms with van der Waals surface area (Å²) in [6.07, 6.45) is 0. The van der Waals surface area contributed by atoms with E-state index in [1.54, 1.807) is 0 Å². The minimum atomic E-state index is 0.142. The first kappa shape index (κ1) is 15.6. The second kappa shape index (κ2) is 5.66. The van der Waals surface area contributed by atoms with Gasteiger partial charge in [0.1, 0.15) is 0 Å². The molecule has 0 aliphatic heterocycles. The highest BCUT2D eigenvalue weighted by Crippen LogP contribution is 2.30. The van der Waals surface area contributed by atoms with Gasteiger partial charge < -0.3 is 5.32 Å². The van der Waals surface area contributed by atoms with Crippen LogP contribution in [0.3, 0.4) is 0 Å². The topological polar surface area (TPSA) is 12.0 Å². The van der Waals surface area contributed by atoms with Gasteiger partial charge in [-0.2, -0.15) is 12.6 Å². The molecule has 0 heterocycles. The monoisotopic (exact) mass is 265 g/mol. The van der Waals surface area contributed by atoms with Gasteiger partial charge in [0.25, 0.3) is 0 Å². The molecule has 102 valence electrons. The first-order valence-corrected chi connectivity index (χ1v) is 7.25. The zero-order chi connectivity index (χ0) is 14.0. The Morgan fingerprint density at radius 2 is 1.72 bits per heavy atom. The van der Waals surface area contributed by atoms with Crippen LogP contribution in [0.2, 0.25) is 0 Å². The molecule has 0 aliphatic rings. The van der Waals surface area contributed by atoms with E-state index in [1.807, 2.05) is 0 Å². The van der Waals surface area contributed by atoms with E-state index in [0.29, 0.717) is 0 Å². The van der Waals surface area contributed by atoms with Crippen molar-refractivity contribution >= 4 is 12.6 Å². The molecule has 0 saturated carbocycles. The molecule has 1 nitrogen and oxygen atoms in total. The highest BCUT2D eigenvalue weighted by molar-refractivity contribution is 7.80. The van der Waals surface area contributed by atoms with Crippen LogP contribution in [0, 0.1) is 6.92 Å². The number of nitrogens with one attached hydrogen (secondary N) is 1. The lowest BCUT2D eigenvalue weighted by Gasteiger charge is -2.29. The highest BCUT2D eigenvalue weighted by atomic mass is 32.1. The molecule has 1 aromatic carbocycles. The molecule has 18 heavy (non-hydrogen) atoms. The van der Waals surface area contributed by atoms with E-state index in [9.17, 15) is 0 Å². The molecule has 0 bridgehead atoms. The fourth-order valence-corrected chi connectivity index (χ4v) is 2.46. The van der Waals surface area contributed by atoms with E-state index in [4.69, 9.17) is 0 Å². The molecular formula is C16H27NS. The third-order valence-electron chi connectivity index (χ3n) is 3.50. The number of aryl methyl sites for hydroxylation is 1. The van der Waals surface area contributed by atoms with Crippen LogP contribution in [-0.2, 0) is 10.8 Å². The van der Waals surface area contributed by atoms with Crippen LogP contribution in [-0.4, -0.2) is 12.4 Å². The first-order valence-electron chi connectivity index (χ1n) is 6.61. The average Bonchev–Trinajstić information content (AvgIpc) is 2.24. The zero-order valence-electron chi connectivity index (χ0n) is 12.6. The van der Waals surface area contributed by atoms with E-state index in [1.165, 1.54) is 16.7 Å². The van der Waals surface area contributed by atoms with Crippen molar-refractivity contribution in [3.05, 3.63) is 34.9 Å². The third-order valence-corrected chi connectivity index (χ3v) is 3.72. The van der Waals surface area contributed by atoms with Crippen LogP contribution in [0.5, 0.6) is 0 Å². The molecule has 0 aliphatic carbocycles. The molecule has 0 spiro atoms. The van der Waals surface area contributed by atoms with Gasteiger partial charge in [0.2, 0.25) is 0 Å². The molecule has 0 aromatic heterocycles. The van der Waals surface area contributed by atoms with Gasteiger partial charge in [0.15, 0.2) is 0 Å². The summed E-state index contributed by atoms with van der Waals surface area (Å²) in [5.74, 6) is 0.725. The summed E-state index contributed by atoms with van der Waals surface area (Å²) in [5.41, 5.74) is 4.57. The van der Waals surface area contributed by atoms with Crippen molar-refractivity contribution in [1.82, 2.24) is 5.32 Å². The number of hydrogen-bond acceptors (Lipinski definition) is 2. The van der Waals surface area contributed by atoms with Gasteiger partial charge in [-0.25, -0.2) is 0 Å². The predicted octanol–water partition coefficient (Wildman–Crippen LogP) is 4.05. The summed E-state index contributed by atoms with van der Waals surface area (Å²) in [6.45, 7) is 14.5. The van der Waals surface area contributed by atoms with E-state index in [2.05, 4.69) is 77.7 Å². The smallest absolute Gasteiger partial charge is 0.0387 e. The Morgan fingerprint density at radius 1 is 1.11 bits per heavy atom. The third kappa shape index (κ3) is 3.76. The summed E-state index contributed by atoms with van der Waals surface area (Å²) < 4.78 is 0.